The Balaban J connectivity index is 1.37. The molecular formula is C28H31N5O3S. The number of ketones is 1. The number of carbonyl (C=O) groups is 1. The third kappa shape index (κ3) is 5.13. The van der Waals surface area contributed by atoms with E-state index >= 15 is 0 Å². The summed E-state index contributed by atoms with van der Waals surface area (Å²) in [5.41, 5.74) is 3.55. The number of hydrogen-bond donors (Lipinski definition) is 1. The number of carbonyl (C=O) groups excluding carboxylic acids is 1. The maximum Gasteiger partial charge on any atom is 0.203 e. The molecule has 1 aliphatic heterocycles. The lowest BCUT2D eigenvalue weighted by molar-refractivity contribution is 0.102. The van der Waals surface area contributed by atoms with Crippen molar-refractivity contribution >= 4 is 32.5 Å². The van der Waals surface area contributed by atoms with Crippen LogP contribution < -0.4 is 4.90 Å². The quantitative estimate of drug-likeness (QED) is 0.359. The number of rotatable bonds is 7. The molecule has 1 N–H and O–H groups in total. The first kappa shape index (κ1) is 25.1. The lowest BCUT2D eigenvalue weighted by Crippen LogP contribution is -2.39. The standard InChI is InChI=1S/C28H31N5O3S/c1-18-15-28(3,4)33(16-18)27-22(8-6-12-29-27)25(34)17-37(35,36)26-9-5-7-21(32-26)13-20-10-11-23-24(14-20)31-19(2)30-23/h5-12,14,18H,13,15-17H2,1-4H3,(H,30,31). The van der Waals surface area contributed by atoms with Crippen molar-refractivity contribution in [2.75, 3.05) is 17.2 Å². The van der Waals surface area contributed by atoms with Gasteiger partial charge in [-0.05, 0) is 75.1 Å². The van der Waals surface area contributed by atoms with Gasteiger partial charge in [0, 0.05) is 30.4 Å². The van der Waals surface area contributed by atoms with E-state index in [1.807, 2.05) is 25.1 Å². The van der Waals surface area contributed by atoms with E-state index in [0.29, 0.717) is 29.4 Å². The molecule has 1 fully saturated rings. The zero-order chi connectivity index (χ0) is 26.4. The lowest BCUT2D eigenvalue weighted by Gasteiger charge is -2.33. The summed E-state index contributed by atoms with van der Waals surface area (Å²) in [6, 6.07) is 14.1. The van der Waals surface area contributed by atoms with Gasteiger partial charge < -0.3 is 9.88 Å². The molecule has 0 spiro atoms. The maximum absolute atomic E-state index is 13.3. The highest BCUT2D eigenvalue weighted by atomic mass is 32.2. The Kier molecular flexibility index (Phi) is 6.35. The molecule has 8 nitrogen and oxygen atoms in total. The van der Waals surface area contributed by atoms with E-state index in [1.165, 1.54) is 6.07 Å². The van der Waals surface area contributed by atoms with Crippen LogP contribution in [0.4, 0.5) is 5.82 Å². The van der Waals surface area contributed by atoms with Gasteiger partial charge in [-0.3, -0.25) is 4.79 Å². The first-order valence-corrected chi connectivity index (χ1v) is 14.1. The van der Waals surface area contributed by atoms with E-state index in [9.17, 15) is 13.2 Å². The average Bonchev–Trinajstić information content (AvgIpc) is 3.34. The second-order valence-corrected chi connectivity index (χ2v) is 12.5. The van der Waals surface area contributed by atoms with Crippen LogP contribution in [-0.2, 0) is 16.3 Å². The normalized spacial score (nSPS) is 17.4. The second kappa shape index (κ2) is 9.37. The van der Waals surface area contributed by atoms with Gasteiger partial charge in [-0.2, -0.15) is 0 Å². The number of nitrogens with one attached hydrogen (secondary N) is 1. The predicted octanol–water partition coefficient (Wildman–Crippen LogP) is 4.53. The fraction of sp³-hybridized carbons (Fsp3) is 0.357. The van der Waals surface area contributed by atoms with Gasteiger partial charge in [0.2, 0.25) is 9.84 Å². The monoisotopic (exact) mass is 517 g/mol. The van der Waals surface area contributed by atoms with Gasteiger partial charge in [-0.1, -0.05) is 19.1 Å². The lowest BCUT2D eigenvalue weighted by atomic mass is 9.97. The first-order chi connectivity index (χ1) is 17.5. The Labute approximate surface area is 217 Å². The van der Waals surface area contributed by atoms with Crippen LogP contribution in [0, 0.1) is 12.8 Å². The minimum absolute atomic E-state index is 0.0997. The van der Waals surface area contributed by atoms with Gasteiger partial charge in [0.15, 0.2) is 10.8 Å². The SMILES string of the molecule is Cc1nc2ccc(Cc3cccc(S(=O)(=O)CC(=O)c4cccnc4N4CC(C)CC4(C)C)n3)cc2[nH]1. The number of imidazole rings is 1. The summed E-state index contributed by atoms with van der Waals surface area (Å²) in [5, 5.41) is -0.0997. The van der Waals surface area contributed by atoms with Crippen molar-refractivity contribution in [1.29, 1.82) is 0 Å². The van der Waals surface area contributed by atoms with Crippen LogP contribution in [-0.4, -0.2) is 52.0 Å². The molecule has 0 aliphatic carbocycles. The minimum Gasteiger partial charge on any atom is -0.351 e. The third-order valence-corrected chi connectivity index (χ3v) is 8.39. The number of pyridine rings is 2. The third-order valence-electron chi connectivity index (χ3n) is 6.89. The van der Waals surface area contributed by atoms with Crippen LogP contribution >= 0.6 is 0 Å². The molecule has 1 aromatic carbocycles. The minimum atomic E-state index is -3.96. The van der Waals surface area contributed by atoms with Crippen molar-refractivity contribution in [2.24, 2.45) is 5.92 Å². The number of sulfone groups is 1. The Hall–Kier alpha value is -3.59. The van der Waals surface area contributed by atoms with Gasteiger partial charge in [-0.15, -0.1) is 0 Å². The van der Waals surface area contributed by atoms with E-state index in [0.717, 1.165) is 35.4 Å². The summed E-state index contributed by atoms with van der Waals surface area (Å²) in [5.74, 6) is 0.691. The number of aromatic amines is 1. The topological polar surface area (TPSA) is 109 Å². The molecule has 3 aromatic heterocycles. The van der Waals surface area contributed by atoms with E-state index in [-0.39, 0.29) is 10.6 Å². The van der Waals surface area contributed by atoms with Crippen molar-refractivity contribution in [3.63, 3.8) is 0 Å². The van der Waals surface area contributed by atoms with Crippen molar-refractivity contribution in [2.45, 2.75) is 51.1 Å². The highest BCUT2D eigenvalue weighted by Gasteiger charge is 2.39. The molecular weight excluding hydrogens is 486 g/mol. The second-order valence-electron chi connectivity index (χ2n) is 10.6. The van der Waals surface area contributed by atoms with Gasteiger partial charge in [0.25, 0.3) is 0 Å². The van der Waals surface area contributed by atoms with Crippen molar-refractivity contribution in [3.05, 3.63) is 77.4 Å². The molecule has 37 heavy (non-hydrogen) atoms. The van der Waals surface area contributed by atoms with Crippen molar-refractivity contribution < 1.29 is 13.2 Å². The molecule has 0 radical (unpaired) electrons. The van der Waals surface area contributed by atoms with Gasteiger partial charge in [-0.25, -0.2) is 23.4 Å². The Bertz CT molecular complexity index is 1590. The Morgan fingerprint density at radius 2 is 1.95 bits per heavy atom. The summed E-state index contributed by atoms with van der Waals surface area (Å²) in [4.78, 5) is 32.0. The Morgan fingerprint density at radius 3 is 2.70 bits per heavy atom. The fourth-order valence-electron chi connectivity index (χ4n) is 5.35. The van der Waals surface area contributed by atoms with Crippen LogP contribution in [0.25, 0.3) is 11.0 Å². The maximum atomic E-state index is 13.3. The summed E-state index contributed by atoms with van der Waals surface area (Å²) >= 11 is 0. The summed E-state index contributed by atoms with van der Waals surface area (Å²) < 4.78 is 26.6. The number of H-pyrrole nitrogens is 1. The first-order valence-electron chi connectivity index (χ1n) is 12.4. The summed E-state index contributed by atoms with van der Waals surface area (Å²) in [6.07, 6.45) is 3.08. The molecule has 9 heteroatoms. The fourth-order valence-corrected chi connectivity index (χ4v) is 6.54. The number of aromatic nitrogens is 4. The van der Waals surface area contributed by atoms with Crippen LogP contribution in [0.15, 0.2) is 59.8 Å². The molecule has 1 atom stereocenters. The molecule has 192 valence electrons. The average molecular weight is 518 g/mol. The highest BCUT2D eigenvalue weighted by molar-refractivity contribution is 7.92. The molecule has 1 unspecified atom stereocenters. The largest absolute Gasteiger partial charge is 0.351 e. The smallest absolute Gasteiger partial charge is 0.203 e. The summed E-state index contributed by atoms with van der Waals surface area (Å²) in [7, 11) is -3.96. The molecule has 1 aliphatic rings. The van der Waals surface area contributed by atoms with E-state index < -0.39 is 21.4 Å². The number of anilines is 1. The van der Waals surface area contributed by atoms with Crippen LogP contribution in [0.2, 0.25) is 0 Å². The molecule has 1 saturated heterocycles. The molecule has 0 amide bonds. The van der Waals surface area contributed by atoms with E-state index in [1.54, 1.807) is 30.5 Å². The van der Waals surface area contributed by atoms with Gasteiger partial charge >= 0.3 is 0 Å². The number of hydrogen-bond acceptors (Lipinski definition) is 7. The zero-order valence-corrected chi connectivity index (χ0v) is 22.3. The van der Waals surface area contributed by atoms with Crippen LogP contribution in [0.5, 0.6) is 0 Å². The van der Waals surface area contributed by atoms with Crippen molar-refractivity contribution in [1.82, 2.24) is 19.9 Å². The van der Waals surface area contributed by atoms with Crippen molar-refractivity contribution in [3.8, 4) is 0 Å². The number of Topliss-reactive ketones (excluding diaryl/α,β-unsaturated/α-hetero) is 1. The van der Waals surface area contributed by atoms with E-state index in [2.05, 4.69) is 45.6 Å². The number of nitrogens with zero attached hydrogens (tertiary/aromatic N) is 4. The van der Waals surface area contributed by atoms with Gasteiger partial charge in [0.1, 0.15) is 17.4 Å². The predicted molar refractivity (Wildman–Crippen MR) is 144 cm³/mol. The number of benzene rings is 1. The molecule has 5 rings (SSSR count). The van der Waals surface area contributed by atoms with Crippen LogP contribution in [0.3, 0.4) is 0 Å². The van der Waals surface area contributed by atoms with Gasteiger partial charge in [0.05, 0.1) is 16.6 Å². The summed E-state index contributed by atoms with van der Waals surface area (Å²) in [6.45, 7) is 9.08. The number of fused-ring (bicyclic) bond motifs is 1. The molecule has 4 aromatic rings. The van der Waals surface area contributed by atoms with E-state index in [4.69, 9.17) is 0 Å². The zero-order valence-electron chi connectivity index (χ0n) is 21.5. The molecule has 0 bridgehead atoms. The highest BCUT2D eigenvalue weighted by Crippen LogP contribution is 2.37. The van der Waals surface area contributed by atoms with Crippen LogP contribution in [0.1, 0.15) is 54.6 Å². The molecule has 0 saturated carbocycles. The molecule has 4 heterocycles. The number of aryl methyl sites for hydroxylation is 1. The Morgan fingerprint density at radius 1 is 1.14 bits per heavy atom.